The summed E-state index contributed by atoms with van der Waals surface area (Å²) in [6.45, 7) is 4.16. The predicted molar refractivity (Wildman–Crippen MR) is 78.9 cm³/mol. The fourth-order valence-corrected chi connectivity index (χ4v) is 2.07. The van der Waals surface area contributed by atoms with Gasteiger partial charge in [-0.25, -0.2) is 9.07 Å². The molecule has 0 unspecified atom stereocenters. The van der Waals surface area contributed by atoms with Crippen molar-refractivity contribution in [3.63, 3.8) is 0 Å². The van der Waals surface area contributed by atoms with Crippen molar-refractivity contribution in [3.05, 3.63) is 47.5 Å². The Kier molecular flexibility index (Phi) is 4.70. The van der Waals surface area contributed by atoms with Crippen LogP contribution in [0.25, 0.3) is 5.69 Å². The second kappa shape index (κ2) is 6.49. The highest BCUT2D eigenvalue weighted by Crippen LogP contribution is 2.16. The second-order valence-corrected chi connectivity index (χ2v) is 4.86. The summed E-state index contributed by atoms with van der Waals surface area (Å²) < 4.78 is 14.6. The molecule has 2 aromatic rings. The summed E-state index contributed by atoms with van der Waals surface area (Å²) in [5.74, 6) is -0.503. The van der Waals surface area contributed by atoms with Crippen LogP contribution in [0.4, 0.5) is 4.39 Å². The van der Waals surface area contributed by atoms with Crippen LogP contribution in [0.3, 0.4) is 0 Å². The van der Waals surface area contributed by atoms with E-state index in [0.717, 1.165) is 11.4 Å². The molecule has 0 fully saturated rings. The van der Waals surface area contributed by atoms with Gasteiger partial charge in [0.25, 0.3) is 5.91 Å². The SMILES string of the molecule is CCc1c(C(=O)N[C@@H](C)CN)cnn1-c1ccc(F)cc1. The number of aromatic nitrogens is 2. The molecule has 1 aromatic carbocycles. The van der Waals surface area contributed by atoms with E-state index in [0.29, 0.717) is 18.5 Å². The van der Waals surface area contributed by atoms with Crippen LogP contribution in [-0.4, -0.2) is 28.3 Å². The fourth-order valence-electron chi connectivity index (χ4n) is 2.07. The van der Waals surface area contributed by atoms with Gasteiger partial charge in [-0.05, 0) is 37.6 Å². The number of carbonyl (C=O) groups is 1. The number of rotatable bonds is 5. The van der Waals surface area contributed by atoms with Gasteiger partial charge in [0.1, 0.15) is 5.82 Å². The first-order valence-electron chi connectivity index (χ1n) is 6.90. The molecule has 21 heavy (non-hydrogen) atoms. The Morgan fingerprint density at radius 1 is 1.43 bits per heavy atom. The monoisotopic (exact) mass is 290 g/mol. The molecule has 1 atom stereocenters. The smallest absolute Gasteiger partial charge is 0.255 e. The molecule has 0 bridgehead atoms. The Labute approximate surface area is 123 Å². The van der Waals surface area contributed by atoms with E-state index >= 15 is 0 Å². The third kappa shape index (κ3) is 3.28. The summed E-state index contributed by atoms with van der Waals surface area (Å²) in [4.78, 5) is 12.2. The number of nitrogens with one attached hydrogen (secondary N) is 1. The molecule has 0 saturated carbocycles. The summed E-state index contributed by atoms with van der Waals surface area (Å²) in [5, 5.41) is 7.06. The molecule has 1 aromatic heterocycles. The highest BCUT2D eigenvalue weighted by molar-refractivity contribution is 5.95. The summed E-state index contributed by atoms with van der Waals surface area (Å²) in [5.41, 5.74) is 7.53. The standard InChI is InChI=1S/C15H19FN4O/c1-3-14-13(15(21)19-10(2)8-17)9-18-20(14)12-6-4-11(16)5-7-12/h4-7,9-10H,3,8,17H2,1-2H3,(H,19,21)/t10-/m0/s1. The molecule has 0 aliphatic carbocycles. The van der Waals surface area contributed by atoms with Crippen molar-refractivity contribution in [2.45, 2.75) is 26.3 Å². The van der Waals surface area contributed by atoms with Crippen LogP contribution in [-0.2, 0) is 6.42 Å². The van der Waals surface area contributed by atoms with Gasteiger partial charge < -0.3 is 11.1 Å². The highest BCUT2D eigenvalue weighted by atomic mass is 19.1. The second-order valence-electron chi connectivity index (χ2n) is 4.86. The average Bonchev–Trinajstić information content (AvgIpc) is 2.91. The molecule has 0 aliphatic rings. The molecule has 112 valence electrons. The maximum Gasteiger partial charge on any atom is 0.255 e. The first-order chi connectivity index (χ1) is 10.1. The molecule has 1 amide bonds. The van der Waals surface area contributed by atoms with Gasteiger partial charge in [0.15, 0.2) is 0 Å². The summed E-state index contributed by atoms with van der Waals surface area (Å²) in [6.07, 6.45) is 2.16. The Bertz CT molecular complexity index is 621. The van der Waals surface area contributed by atoms with E-state index in [1.165, 1.54) is 18.3 Å². The highest BCUT2D eigenvalue weighted by Gasteiger charge is 2.18. The van der Waals surface area contributed by atoms with Crippen molar-refractivity contribution in [3.8, 4) is 5.69 Å². The minimum Gasteiger partial charge on any atom is -0.348 e. The Balaban J connectivity index is 2.34. The van der Waals surface area contributed by atoms with E-state index in [9.17, 15) is 9.18 Å². The van der Waals surface area contributed by atoms with Crippen LogP contribution in [0.5, 0.6) is 0 Å². The summed E-state index contributed by atoms with van der Waals surface area (Å²) in [7, 11) is 0. The molecule has 2 rings (SSSR count). The largest absolute Gasteiger partial charge is 0.348 e. The predicted octanol–water partition coefficient (Wildman–Crippen LogP) is 1.65. The first kappa shape index (κ1) is 15.2. The lowest BCUT2D eigenvalue weighted by molar-refractivity contribution is 0.0940. The Morgan fingerprint density at radius 3 is 2.67 bits per heavy atom. The zero-order chi connectivity index (χ0) is 15.4. The number of halogens is 1. The maximum atomic E-state index is 13.0. The third-order valence-electron chi connectivity index (χ3n) is 3.25. The van der Waals surface area contributed by atoms with Gasteiger partial charge in [0.05, 0.1) is 23.1 Å². The lowest BCUT2D eigenvalue weighted by Crippen LogP contribution is -2.38. The molecule has 0 spiro atoms. The van der Waals surface area contributed by atoms with Gasteiger partial charge in [-0.3, -0.25) is 4.79 Å². The normalized spacial score (nSPS) is 12.2. The number of nitrogens with two attached hydrogens (primary N) is 1. The van der Waals surface area contributed by atoms with Crippen molar-refractivity contribution >= 4 is 5.91 Å². The van der Waals surface area contributed by atoms with Gasteiger partial charge >= 0.3 is 0 Å². The van der Waals surface area contributed by atoms with Crippen molar-refractivity contribution in [1.82, 2.24) is 15.1 Å². The van der Waals surface area contributed by atoms with Crippen molar-refractivity contribution in [2.75, 3.05) is 6.54 Å². The average molecular weight is 290 g/mol. The number of carbonyl (C=O) groups excluding carboxylic acids is 1. The van der Waals surface area contributed by atoms with E-state index in [2.05, 4.69) is 10.4 Å². The topological polar surface area (TPSA) is 72.9 Å². The van der Waals surface area contributed by atoms with Crippen molar-refractivity contribution in [1.29, 1.82) is 0 Å². The van der Waals surface area contributed by atoms with Gasteiger partial charge in [0, 0.05) is 12.6 Å². The van der Waals surface area contributed by atoms with Crippen LogP contribution >= 0.6 is 0 Å². The Hall–Kier alpha value is -2.21. The quantitative estimate of drug-likeness (QED) is 0.879. The minimum absolute atomic E-state index is 0.101. The molecule has 5 nitrogen and oxygen atoms in total. The zero-order valence-electron chi connectivity index (χ0n) is 12.1. The van der Waals surface area contributed by atoms with Gasteiger partial charge in [0.2, 0.25) is 0 Å². The van der Waals surface area contributed by atoms with E-state index in [1.54, 1.807) is 16.8 Å². The maximum absolute atomic E-state index is 13.0. The molecular weight excluding hydrogens is 271 g/mol. The summed E-state index contributed by atoms with van der Waals surface area (Å²) in [6, 6.07) is 5.90. The van der Waals surface area contributed by atoms with Crippen LogP contribution in [0.1, 0.15) is 29.9 Å². The number of nitrogens with zero attached hydrogens (tertiary/aromatic N) is 2. The fraction of sp³-hybridized carbons (Fsp3) is 0.333. The van der Waals surface area contributed by atoms with Gasteiger partial charge in [-0.2, -0.15) is 5.10 Å². The number of hydrogen-bond acceptors (Lipinski definition) is 3. The third-order valence-corrected chi connectivity index (χ3v) is 3.25. The van der Waals surface area contributed by atoms with E-state index < -0.39 is 0 Å². The molecule has 6 heteroatoms. The lowest BCUT2D eigenvalue weighted by Gasteiger charge is -2.12. The number of benzene rings is 1. The van der Waals surface area contributed by atoms with Gasteiger partial charge in [-0.15, -0.1) is 0 Å². The van der Waals surface area contributed by atoms with Crippen LogP contribution in [0, 0.1) is 5.82 Å². The minimum atomic E-state index is -0.307. The molecular formula is C15H19FN4O. The Morgan fingerprint density at radius 2 is 2.10 bits per heavy atom. The van der Waals surface area contributed by atoms with Crippen molar-refractivity contribution < 1.29 is 9.18 Å². The van der Waals surface area contributed by atoms with E-state index in [1.807, 2.05) is 13.8 Å². The van der Waals surface area contributed by atoms with Crippen LogP contribution in [0.2, 0.25) is 0 Å². The van der Waals surface area contributed by atoms with E-state index in [4.69, 9.17) is 5.73 Å². The molecule has 1 heterocycles. The van der Waals surface area contributed by atoms with Crippen molar-refractivity contribution in [2.24, 2.45) is 5.73 Å². The molecule has 0 saturated heterocycles. The summed E-state index contributed by atoms with van der Waals surface area (Å²) >= 11 is 0. The van der Waals surface area contributed by atoms with Gasteiger partial charge in [-0.1, -0.05) is 6.92 Å². The van der Waals surface area contributed by atoms with E-state index in [-0.39, 0.29) is 17.8 Å². The number of hydrogen-bond donors (Lipinski definition) is 2. The zero-order valence-corrected chi connectivity index (χ0v) is 12.1. The first-order valence-corrected chi connectivity index (χ1v) is 6.90. The van der Waals surface area contributed by atoms with Crippen LogP contribution < -0.4 is 11.1 Å². The molecule has 0 aliphatic heterocycles. The molecule has 0 radical (unpaired) electrons. The number of amides is 1. The lowest BCUT2D eigenvalue weighted by atomic mass is 10.1. The molecule has 3 N–H and O–H groups in total. The van der Waals surface area contributed by atoms with Crippen LogP contribution in [0.15, 0.2) is 30.5 Å².